The summed E-state index contributed by atoms with van der Waals surface area (Å²) in [5.74, 6) is -0.207. The lowest BCUT2D eigenvalue weighted by Crippen LogP contribution is -2.25. The SMILES string of the molecule is Cc1cc(/C=N/NC(=O)CNc2ccccc2)c(C)n1-c1ccc(Cl)cc1. The van der Waals surface area contributed by atoms with Crippen LogP contribution in [0.4, 0.5) is 5.69 Å². The van der Waals surface area contributed by atoms with Crippen LogP contribution in [0.2, 0.25) is 5.02 Å². The number of hydrogen-bond donors (Lipinski definition) is 2. The van der Waals surface area contributed by atoms with Gasteiger partial charge < -0.3 is 9.88 Å². The quantitative estimate of drug-likeness (QED) is 0.494. The second-order valence-corrected chi connectivity index (χ2v) is 6.59. The summed E-state index contributed by atoms with van der Waals surface area (Å²) in [7, 11) is 0. The number of nitrogens with zero attached hydrogens (tertiary/aromatic N) is 2. The number of carbonyl (C=O) groups excluding carboxylic acids is 1. The van der Waals surface area contributed by atoms with Crippen LogP contribution in [0.5, 0.6) is 0 Å². The van der Waals surface area contributed by atoms with Gasteiger partial charge in [0.25, 0.3) is 5.91 Å². The molecule has 1 heterocycles. The topological polar surface area (TPSA) is 58.4 Å². The molecule has 138 valence electrons. The van der Waals surface area contributed by atoms with Crippen molar-refractivity contribution >= 4 is 29.4 Å². The van der Waals surface area contributed by atoms with Gasteiger partial charge in [0.1, 0.15) is 0 Å². The van der Waals surface area contributed by atoms with Gasteiger partial charge >= 0.3 is 0 Å². The molecule has 1 aromatic heterocycles. The Morgan fingerprint density at radius 1 is 1.11 bits per heavy atom. The van der Waals surface area contributed by atoms with Crippen molar-refractivity contribution in [2.75, 3.05) is 11.9 Å². The molecule has 6 heteroatoms. The Balaban J connectivity index is 1.63. The number of rotatable bonds is 6. The molecule has 0 aliphatic carbocycles. The molecule has 0 aliphatic rings. The third-order valence-electron chi connectivity index (χ3n) is 4.17. The number of nitrogens with one attached hydrogen (secondary N) is 2. The maximum atomic E-state index is 11.9. The average molecular weight is 381 g/mol. The zero-order valence-electron chi connectivity index (χ0n) is 15.2. The van der Waals surface area contributed by atoms with Gasteiger partial charge in [0.15, 0.2) is 0 Å². The zero-order chi connectivity index (χ0) is 19.2. The zero-order valence-corrected chi connectivity index (χ0v) is 16.0. The fourth-order valence-electron chi connectivity index (χ4n) is 2.86. The third-order valence-corrected chi connectivity index (χ3v) is 4.43. The largest absolute Gasteiger partial charge is 0.376 e. The number of hydrazone groups is 1. The predicted octanol–water partition coefficient (Wildman–Crippen LogP) is 4.31. The lowest BCUT2D eigenvalue weighted by Gasteiger charge is -2.09. The van der Waals surface area contributed by atoms with Gasteiger partial charge in [0.2, 0.25) is 0 Å². The van der Waals surface area contributed by atoms with Crippen molar-refractivity contribution in [2.24, 2.45) is 5.10 Å². The van der Waals surface area contributed by atoms with E-state index in [1.165, 1.54) is 0 Å². The highest BCUT2D eigenvalue weighted by atomic mass is 35.5. The molecule has 0 aliphatic heterocycles. The van der Waals surface area contributed by atoms with E-state index >= 15 is 0 Å². The standard InChI is InChI=1S/C21H21ClN4O/c1-15-12-17(16(2)26(15)20-10-8-18(22)9-11-20)13-24-25-21(27)14-23-19-6-4-3-5-7-19/h3-13,23H,14H2,1-2H3,(H,25,27)/b24-13+. The van der Waals surface area contributed by atoms with Crippen LogP contribution in [0.3, 0.4) is 0 Å². The second kappa shape index (κ2) is 8.56. The Morgan fingerprint density at radius 2 is 1.81 bits per heavy atom. The van der Waals surface area contributed by atoms with Gasteiger partial charge in [-0.3, -0.25) is 4.79 Å². The van der Waals surface area contributed by atoms with Gasteiger partial charge in [-0.05, 0) is 56.3 Å². The predicted molar refractivity (Wildman–Crippen MR) is 111 cm³/mol. The highest BCUT2D eigenvalue weighted by molar-refractivity contribution is 6.30. The smallest absolute Gasteiger partial charge is 0.259 e. The summed E-state index contributed by atoms with van der Waals surface area (Å²) in [6, 6.07) is 19.3. The van der Waals surface area contributed by atoms with E-state index in [0.717, 1.165) is 28.3 Å². The third kappa shape index (κ3) is 4.77. The van der Waals surface area contributed by atoms with Crippen LogP contribution in [0.25, 0.3) is 5.69 Å². The number of carbonyl (C=O) groups is 1. The molecule has 0 saturated carbocycles. The summed E-state index contributed by atoms with van der Waals surface area (Å²) in [5, 5.41) is 7.82. The number of amides is 1. The van der Waals surface area contributed by atoms with Gasteiger partial charge in [0.05, 0.1) is 12.8 Å². The Bertz CT molecular complexity index is 946. The van der Waals surface area contributed by atoms with Crippen LogP contribution in [0.15, 0.2) is 65.8 Å². The van der Waals surface area contributed by atoms with Crippen molar-refractivity contribution in [3.05, 3.63) is 82.6 Å². The van der Waals surface area contributed by atoms with Crippen molar-refractivity contribution in [1.29, 1.82) is 0 Å². The summed E-state index contributed by atoms with van der Waals surface area (Å²) >= 11 is 5.97. The molecule has 27 heavy (non-hydrogen) atoms. The molecule has 1 amide bonds. The first-order valence-electron chi connectivity index (χ1n) is 8.60. The highest BCUT2D eigenvalue weighted by Gasteiger charge is 2.09. The summed E-state index contributed by atoms with van der Waals surface area (Å²) in [4.78, 5) is 11.9. The van der Waals surface area contributed by atoms with Crippen molar-refractivity contribution in [3.63, 3.8) is 0 Å². The molecule has 0 radical (unpaired) electrons. The summed E-state index contributed by atoms with van der Waals surface area (Å²) in [6.07, 6.45) is 1.66. The number of aryl methyl sites for hydroxylation is 1. The molecule has 3 aromatic rings. The molecular formula is C21H21ClN4O. The van der Waals surface area contributed by atoms with E-state index in [1.54, 1.807) is 6.21 Å². The van der Waals surface area contributed by atoms with E-state index in [2.05, 4.69) is 20.4 Å². The minimum atomic E-state index is -0.207. The van der Waals surface area contributed by atoms with Crippen LogP contribution in [-0.2, 0) is 4.79 Å². The van der Waals surface area contributed by atoms with Crippen molar-refractivity contribution < 1.29 is 4.79 Å². The molecular weight excluding hydrogens is 360 g/mol. The lowest BCUT2D eigenvalue weighted by molar-refractivity contribution is -0.119. The number of halogens is 1. The first-order chi connectivity index (χ1) is 13.0. The molecule has 0 unspecified atom stereocenters. The van der Waals surface area contributed by atoms with Gasteiger partial charge in [-0.1, -0.05) is 29.8 Å². The van der Waals surface area contributed by atoms with Gasteiger partial charge in [0, 0.05) is 33.3 Å². The molecule has 0 spiro atoms. The second-order valence-electron chi connectivity index (χ2n) is 6.15. The number of aromatic nitrogens is 1. The summed E-state index contributed by atoms with van der Waals surface area (Å²) < 4.78 is 2.12. The van der Waals surface area contributed by atoms with E-state index in [1.807, 2.05) is 74.5 Å². The molecule has 0 saturated heterocycles. The molecule has 2 N–H and O–H groups in total. The lowest BCUT2D eigenvalue weighted by atomic mass is 10.2. The van der Waals surface area contributed by atoms with Crippen molar-refractivity contribution in [1.82, 2.24) is 9.99 Å². The molecule has 0 atom stereocenters. The first kappa shape index (κ1) is 18.7. The minimum absolute atomic E-state index is 0.158. The fourth-order valence-corrected chi connectivity index (χ4v) is 2.98. The maximum Gasteiger partial charge on any atom is 0.259 e. The number of anilines is 1. The van der Waals surface area contributed by atoms with Gasteiger partial charge in [-0.25, -0.2) is 5.43 Å². The van der Waals surface area contributed by atoms with Crippen LogP contribution in [-0.4, -0.2) is 23.2 Å². The Hall–Kier alpha value is -3.05. The summed E-state index contributed by atoms with van der Waals surface area (Å²) in [5.41, 5.74) is 7.53. The van der Waals surface area contributed by atoms with Crippen molar-refractivity contribution in [3.8, 4) is 5.69 Å². The van der Waals surface area contributed by atoms with Crippen LogP contribution in [0.1, 0.15) is 17.0 Å². The van der Waals surface area contributed by atoms with E-state index in [-0.39, 0.29) is 12.5 Å². The van der Waals surface area contributed by atoms with Crippen LogP contribution < -0.4 is 10.7 Å². The first-order valence-corrected chi connectivity index (χ1v) is 8.98. The van der Waals surface area contributed by atoms with E-state index in [4.69, 9.17) is 11.6 Å². The monoisotopic (exact) mass is 380 g/mol. The van der Waals surface area contributed by atoms with Gasteiger partial charge in [-0.2, -0.15) is 5.10 Å². The fraction of sp³-hybridized carbons (Fsp3) is 0.143. The number of benzene rings is 2. The molecule has 3 rings (SSSR count). The normalized spacial score (nSPS) is 10.9. The van der Waals surface area contributed by atoms with E-state index in [0.29, 0.717) is 5.02 Å². The van der Waals surface area contributed by atoms with E-state index in [9.17, 15) is 4.79 Å². The Kier molecular flexibility index (Phi) is 5.94. The maximum absolute atomic E-state index is 11.9. The Labute approximate surface area is 163 Å². The number of para-hydroxylation sites is 1. The molecule has 0 fully saturated rings. The van der Waals surface area contributed by atoms with Gasteiger partial charge in [-0.15, -0.1) is 0 Å². The van der Waals surface area contributed by atoms with Crippen LogP contribution >= 0.6 is 11.6 Å². The number of hydrogen-bond acceptors (Lipinski definition) is 3. The van der Waals surface area contributed by atoms with E-state index < -0.39 is 0 Å². The van der Waals surface area contributed by atoms with Crippen LogP contribution in [0, 0.1) is 13.8 Å². The molecule has 5 nitrogen and oxygen atoms in total. The van der Waals surface area contributed by atoms with Crippen molar-refractivity contribution in [2.45, 2.75) is 13.8 Å². The molecule has 0 bridgehead atoms. The average Bonchev–Trinajstić information content (AvgIpc) is 2.95. The molecule has 2 aromatic carbocycles. The Morgan fingerprint density at radius 3 is 2.52 bits per heavy atom. The summed E-state index contributed by atoms with van der Waals surface area (Å²) in [6.45, 7) is 4.20. The minimum Gasteiger partial charge on any atom is -0.376 e. The highest BCUT2D eigenvalue weighted by Crippen LogP contribution is 2.21.